The van der Waals surface area contributed by atoms with E-state index in [0.717, 1.165) is 0 Å². The van der Waals surface area contributed by atoms with Crippen LogP contribution in [0.15, 0.2) is 40.0 Å². The molecule has 0 fully saturated rings. The fraction of sp³-hybridized carbons (Fsp3) is 0.0769. The van der Waals surface area contributed by atoms with Gasteiger partial charge in [0.2, 0.25) is 5.88 Å². The Kier molecular flexibility index (Phi) is 4.19. The van der Waals surface area contributed by atoms with Crippen LogP contribution in [0, 0.1) is 12.7 Å². The van der Waals surface area contributed by atoms with E-state index in [1.54, 1.807) is 19.1 Å². The monoisotopic (exact) mass is 339 g/mol. The van der Waals surface area contributed by atoms with E-state index in [4.69, 9.17) is 15.7 Å². The Bertz CT molecular complexity index is 677. The standard InChI is InChI=1S/C13H11BrFN3O2/c1-7-2-4-9(12(16)18-19)13(17-7)20-11-5-3-8(15)6-10(11)14/h2-6,19H,1H3,(H2,16,18). The van der Waals surface area contributed by atoms with Crippen molar-refractivity contribution in [3.63, 3.8) is 0 Å². The summed E-state index contributed by atoms with van der Waals surface area (Å²) in [7, 11) is 0. The van der Waals surface area contributed by atoms with E-state index in [1.165, 1.54) is 18.2 Å². The SMILES string of the molecule is Cc1ccc(C(N)=NO)c(Oc2ccc(F)cc2Br)n1. The number of pyridine rings is 1. The number of nitrogens with two attached hydrogens (primary N) is 1. The van der Waals surface area contributed by atoms with Gasteiger partial charge in [-0.3, -0.25) is 0 Å². The maximum Gasteiger partial charge on any atom is 0.230 e. The summed E-state index contributed by atoms with van der Waals surface area (Å²) in [5.41, 5.74) is 6.61. The summed E-state index contributed by atoms with van der Waals surface area (Å²) in [6.45, 7) is 1.78. The van der Waals surface area contributed by atoms with Gasteiger partial charge in [-0.1, -0.05) is 5.16 Å². The molecule has 2 aromatic rings. The highest BCUT2D eigenvalue weighted by atomic mass is 79.9. The zero-order chi connectivity index (χ0) is 14.7. The number of aryl methyl sites for hydroxylation is 1. The van der Waals surface area contributed by atoms with Gasteiger partial charge in [-0.05, 0) is 53.2 Å². The summed E-state index contributed by atoms with van der Waals surface area (Å²) in [4.78, 5) is 4.19. The molecule has 0 bridgehead atoms. The number of aromatic nitrogens is 1. The molecule has 104 valence electrons. The van der Waals surface area contributed by atoms with Crippen LogP contribution in [0.2, 0.25) is 0 Å². The topological polar surface area (TPSA) is 80.7 Å². The zero-order valence-electron chi connectivity index (χ0n) is 10.5. The molecule has 20 heavy (non-hydrogen) atoms. The molecule has 2 rings (SSSR count). The first-order valence-electron chi connectivity index (χ1n) is 5.59. The fourth-order valence-corrected chi connectivity index (χ4v) is 1.95. The first kappa shape index (κ1) is 14.3. The van der Waals surface area contributed by atoms with Crippen LogP contribution in [0.25, 0.3) is 0 Å². The van der Waals surface area contributed by atoms with Crippen molar-refractivity contribution in [3.8, 4) is 11.6 Å². The number of amidine groups is 1. The van der Waals surface area contributed by atoms with E-state index >= 15 is 0 Å². The second kappa shape index (κ2) is 5.87. The summed E-state index contributed by atoms with van der Waals surface area (Å²) in [6.07, 6.45) is 0. The predicted octanol–water partition coefficient (Wildman–Crippen LogP) is 3.18. The molecule has 0 saturated heterocycles. The van der Waals surface area contributed by atoms with Crippen molar-refractivity contribution in [2.24, 2.45) is 10.9 Å². The molecular weight excluding hydrogens is 329 g/mol. The molecule has 0 aliphatic carbocycles. The second-order valence-electron chi connectivity index (χ2n) is 3.97. The van der Waals surface area contributed by atoms with Crippen LogP contribution in [-0.2, 0) is 0 Å². The number of hydrogen-bond donors (Lipinski definition) is 2. The Morgan fingerprint density at radius 2 is 2.15 bits per heavy atom. The minimum atomic E-state index is -0.391. The van der Waals surface area contributed by atoms with Gasteiger partial charge in [-0.15, -0.1) is 0 Å². The Morgan fingerprint density at radius 3 is 2.80 bits per heavy atom. The number of ether oxygens (including phenoxy) is 1. The minimum Gasteiger partial charge on any atom is -0.437 e. The van der Waals surface area contributed by atoms with Crippen molar-refractivity contribution in [3.05, 3.63) is 51.9 Å². The predicted molar refractivity (Wildman–Crippen MR) is 75.7 cm³/mol. The van der Waals surface area contributed by atoms with Gasteiger partial charge in [0.15, 0.2) is 5.84 Å². The van der Waals surface area contributed by atoms with Crippen LogP contribution in [0.5, 0.6) is 11.6 Å². The summed E-state index contributed by atoms with van der Waals surface area (Å²) >= 11 is 3.20. The molecule has 0 aliphatic heterocycles. The van der Waals surface area contributed by atoms with Gasteiger partial charge < -0.3 is 15.7 Å². The molecule has 0 radical (unpaired) electrons. The van der Waals surface area contributed by atoms with Crippen molar-refractivity contribution in [1.82, 2.24) is 4.98 Å². The maximum absolute atomic E-state index is 13.0. The summed E-state index contributed by atoms with van der Waals surface area (Å²) in [6, 6.07) is 7.33. The Hall–Kier alpha value is -2.15. The summed E-state index contributed by atoms with van der Waals surface area (Å²) < 4.78 is 19.1. The zero-order valence-corrected chi connectivity index (χ0v) is 12.1. The smallest absolute Gasteiger partial charge is 0.230 e. The van der Waals surface area contributed by atoms with Crippen LogP contribution in [0.3, 0.4) is 0 Å². The largest absolute Gasteiger partial charge is 0.437 e. The van der Waals surface area contributed by atoms with E-state index in [0.29, 0.717) is 21.5 Å². The van der Waals surface area contributed by atoms with Gasteiger partial charge in [0, 0.05) is 5.69 Å². The molecule has 5 nitrogen and oxygen atoms in total. The third-order valence-electron chi connectivity index (χ3n) is 2.48. The highest BCUT2D eigenvalue weighted by Crippen LogP contribution is 2.31. The van der Waals surface area contributed by atoms with Crippen LogP contribution in [0.1, 0.15) is 11.3 Å². The lowest BCUT2D eigenvalue weighted by Crippen LogP contribution is -2.15. The Labute approximate surface area is 123 Å². The number of rotatable bonds is 3. The Morgan fingerprint density at radius 1 is 1.40 bits per heavy atom. The lowest BCUT2D eigenvalue weighted by molar-refractivity contribution is 0.318. The fourth-order valence-electron chi connectivity index (χ4n) is 1.52. The molecular formula is C13H11BrFN3O2. The van der Waals surface area contributed by atoms with Gasteiger partial charge in [0.25, 0.3) is 0 Å². The molecule has 1 heterocycles. The van der Waals surface area contributed by atoms with E-state index in [9.17, 15) is 4.39 Å². The van der Waals surface area contributed by atoms with E-state index in [-0.39, 0.29) is 11.7 Å². The molecule has 0 spiro atoms. The first-order chi connectivity index (χ1) is 9.51. The molecule has 0 unspecified atom stereocenters. The molecule has 1 aromatic heterocycles. The molecule has 1 aromatic carbocycles. The van der Waals surface area contributed by atoms with Crippen molar-refractivity contribution in [2.75, 3.05) is 0 Å². The molecule has 0 atom stereocenters. The van der Waals surface area contributed by atoms with Gasteiger partial charge in [0.1, 0.15) is 11.6 Å². The number of benzene rings is 1. The molecule has 3 N–H and O–H groups in total. The average molecular weight is 340 g/mol. The highest BCUT2D eigenvalue weighted by molar-refractivity contribution is 9.10. The van der Waals surface area contributed by atoms with Crippen LogP contribution in [0.4, 0.5) is 4.39 Å². The Balaban J connectivity index is 2.44. The first-order valence-corrected chi connectivity index (χ1v) is 6.39. The minimum absolute atomic E-state index is 0.120. The quantitative estimate of drug-likeness (QED) is 0.389. The molecule has 7 heteroatoms. The summed E-state index contributed by atoms with van der Waals surface area (Å²) in [5.74, 6) is 0.0351. The average Bonchev–Trinajstić information content (AvgIpc) is 2.41. The highest BCUT2D eigenvalue weighted by Gasteiger charge is 2.13. The molecule has 0 saturated carbocycles. The number of oxime groups is 1. The number of halogens is 2. The van der Waals surface area contributed by atoms with Gasteiger partial charge in [-0.2, -0.15) is 0 Å². The van der Waals surface area contributed by atoms with E-state index in [1.807, 2.05) is 0 Å². The van der Waals surface area contributed by atoms with Gasteiger partial charge in [-0.25, -0.2) is 9.37 Å². The molecule has 0 aliphatic rings. The summed E-state index contributed by atoms with van der Waals surface area (Å²) in [5, 5.41) is 11.7. The van der Waals surface area contributed by atoms with Crippen molar-refractivity contribution >= 4 is 21.8 Å². The van der Waals surface area contributed by atoms with Crippen molar-refractivity contribution in [2.45, 2.75) is 6.92 Å². The van der Waals surface area contributed by atoms with Gasteiger partial charge in [0.05, 0.1) is 10.0 Å². The van der Waals surface area contributed by atoms with Crippen molar-refractivity contribution < 1.29 is 14.3 Å². The third-order valence-corrected chi connectivity index (χ3v) is 3.10. The van der Waals surface area contributed by atoms with Crippen LogP contribution >= 0.6 is 15.9 Å². The third kappa shape index (κ3) is 3.05. The van der Waals surface area contributed by atoms with Gasteiger partial charge >= 0.3 is 0 Å². The lowest BCUT2D eigenvalue weighted by Gasteiger charge is -2.11. The maximum atomic E-state index is 13.0. The second-order valence-corrected chi connectivity index (χ2v) is 4.82. The number of hydrogen-bond acceptors (Lipinski definition) is 4. The number of nitrogens with zero attached hydrogens (tertiary/aromatic N) is 2. The van der Waals surface area contributed by atoms with Crippen LogP contribution < -0.4 is 10.5 Å². The van der Waals surface area contributed by atoms with E-state index in [2.05, 4.69) is 26.1 Å². The lowest BCUT2D eigenvalue weighted by atomic mass is 10.2. The normalized spacial score (nSPS) is 11.4. The van der Waals surface area contributed by atoms with Crippen molar-refractivity contribution in [1.29, 1.82) is 0 Å². The molecule has 0 amide bonds. The van der Waals surface area contributed by atoms with Crippen LogP contribution in [-0.4, -0.2) is 16.0 Å². The van der Waals surface area contributed by atoms with E-state index < -0.39 is 5.82 Å².